The molecule has 0 unspecified atom stereocenters. The van der Waals surface area contributed by atoms with Crippen molar-refractivity contribution >= 4 is 5.69 Å². The standard InChI is InChI=1S/C18H18FN3O3/c1-11-4-7-15(14(19)8-11)20-10-17-21-18(22-25-17)13-6-5-12(23-2)9-16(13)24-3/h4-9,20H,10H2,1-3H3. The molecule has 0 spiro atoms. The van der Waals surface area contributed by atoms with Gasteiger partial charge in [0.25, 0.3) is 0 Å². The van der Waals surface area contributed by atoms with Crippen LogP contribution in [0.3, 0.4) is 0 Å². The molecule has 130 valence electrons. The molecule has 0 bridgehead atoms. The Kier molecular flexibility index (Phi) is 4.83. The lowest BCUT2D eigenvalue weighted by Gasteiger charge is -2.07. The van der Waals surface area contributed by atoms with Crippen molar-refractivity contribution in [2.75, 3.05) is 19.5 Å². The Balaban J connectivity index is 1.76. The largest absolute Gasteiger partial charge is 0.497 e. The van der Waals surface area contributed by atoms with Gasteiger partial charge in [0.15, 0.2) is 0 Å². The number of benzene rings is 2. The number of rotatable bonds is 6. The molecule has 0 aliphatic carbocycles. The maximum absolute atomic E-state index is 13.8. The third kappa shape index (κ3) is 3.71. The number of hydrogen-bond donors (Lipinski definition) is 1. The molecule has 0 aliphatic heterocycles. The summed E-state index contributed by atoms with van der Waals surface area (Å²) in [5.41, 5.74) is 1.92. The molecule has 0 amide bonds. The van der Waals surface area contributed by atoms with Crippen LogP contribution in [0.2, 0.25) is 0 Å². The fourth-order valence-electron chi connectivity index (χ4n) is 2.35. The highest BCUT2D eigenvalue weighted by Crippen LogP contribution is 2.31. The van der Waals surface area contributed by atoms with Gasteiger partial charge in [-0.15, -0.1) is 0 Å². The van der Waals surface area contributed by atoms with Crippen molar-refractivity contribution in [1.82, 2.24) is 10.1 Å². The zero-order valence-electron chi connectivity index (χ0n) is 14.2. The number of anilines is 1. The molecular formula is C18H18FN3O3. The first-order valence-electron chi connectivity index (χ1n) is 7.65. The van der Waals surface area contributed by atoms with Gasteiger partial charge in [-0.05, 0) is 36.8 Å². The Hall–Kier alpha value is -3.09. The van der Waals surface area contributed by atoms with E-state index >= 15 is 0 Å². The molecular weight excluding hydrogens is 325 g/mol. The predicted molar refractivity (Wildman–Crippen MR) is 91.3 cm³/mol. The minimum atomic E-state index is -0.323. The SMILES string of the molecule is COc1ccc(-c2noc(CNc3ccc(C)cc3F)n2)c(OC)c1. The summed E-state index contributed by atoms with van der Waals surface area (Å²) < 4.78 is 29.6. The number of aromatic nitrogens is 2. The zero-order chi connectivity index (χ0) is 17.8. The normalized spacial score (nSPS) is 10.6. The Morgan fingerprint density at radius 2 is 1.96 bits per heavy atom. The Labute approximate surface area is 144 Å². The zero-order valence-corrected chi connectivity index (χ0v) is 14.2. The minimum absolute atomic E-state index is 0.214. The molecule has 0 radical (unpaired) electrons. The second kappa shape index (κ2) is 7.21. The molecule has 6 nitrogen and oxygen atoms in total. The number of methoxy groups -OCH3 is 2. The Morgan fingerprint density at radius 1 is 1.12 bits per heavy atom. The van der Waals surface area contributed by atoms with E-state index in [4.69, 9.17) is 14.0 Å². The van der Waals surface area contributed by atoms with Crippen LogP contribution in [0.15, 0.2) is 40.9 Å². The third-order valence-electron chi connectivity index (χ3n) is 3.67. The van der Waals surface area contributed by atoms with Crippen molar-refractivity contribution in [3.05, 3.63) is 53.7 Å². The molecule has 1 heterocycles. The molecule has 0 aliphatic rings. The topological polar surface area (TPSA) is 69.4 Å². The number of nitrogens with zero attached hydrogens (tertiary/aromatic N) is 2. The summed E-state index contributed by atoms with van der Waals surface area (Å²) in [7, 11) is 3.14. The van der Waals surface area contributed by atoms with E-state index in [9.17, 15) is 4.39 Å². The number of nitrogens with one attached hydrogen (secondary N) is 1. The van der Waals surface area contributed by atoms with E-state index < -0.39 is 0 Å². The van der Waals surface area contributed by atoms with E-state index in [-0.39, 0.29) is 12.4 Å². The molecule has 0 saturated heterocycles. The molecule has 3 aromatic rings. The fraction of sp³-hybridized carbons (Fsp3) is 0.222. The fourth-order valence-corrected chi connectivity index (χ4v) is 2.35. The van der Waals surface area contributed by atoms with Crippen LogP contribution in [0.4, 0.5) is 10.1 Å². The van der Waals surface area contributed by atoms with Gasteiger partial charge in [0.1, 0.15) is 17.3 Å². The van der Waals surface area contributed by atoms with Crippen molar-refractivity contribution in [1.29, 1.82) is 0 Å². The molecule has 1 aromatic heterocycles. The Bertz CT molecular complexity index is 880. The summed E-state index contributed by atoms with van der Waals surface area (Å²) in [5.74, 6) is 1.65. The van der Waals surface area contributed by atoms with E-state index in [0.717, 1.165) is 5.56 Å². The number of hydrogen-bond acceptors (Lipinski definition) is 6. The number of halogens is 1. The highest BCUT2D eigenvalue weighted by Gasteiger charge is 2.14. The molecule has 7 heteroatoms. The first kappa shape index (κ1) is 16.8. The maximum atomic E-state index is 13.8. The summed E-state index contributed by atoms with van der Waals surface area (Å²) in [5, 5.41) is 6.90. The van der Waals surface area contributed by atoms with Gasteiger partial charge in [-0.3, -0.25) is 0 Å². The molecule has 1 N–H and O–H groups in total. The van der Waals surface area contributed by atoms with Gasteiger partial charge in [-0.2, -0.15) is 4.98 Å². The number of ether oxygens (including phenoxy) is 2. The van der Waals surface area contributed by atoms with Crippen molar-refractivity contribution in [3.63, 3.8) is 0 Å². The van der Waals surface area contributed by atoms with Crippen molar-refractivity contribution in [3.8, 4) is 22.9 Å². The quantitative estimate of drug-likeness (QED) is 0.734. The van der Waals surface area contributed by atoms with Crippen molar-refractivity contribution in [2.24, 2.45) is 0 Å². The van der Waals surface area contributed by atoms with Gasteiger partial charge >= 0.3 is 0 Å². The third-order valence-corrected chi connectivity index (χ3v) is 3.67. The van der Waals surface area contributed by atoms with Crippen LogP contribution in [0, 0.1) is 12.7 Å². The van der Waals surface area contributed by atoms with Gasteiger partial charge in [0.2, 0.25) is 11.7 Å². The molecule has 25 heavy (non-hydrogen) atoms. The van der Waals surface area contributed by atoms with Crippen LogP contribution in [-0.2, 0) is 6.54 Å². The highest BCUT2D eigenvalue weighted by atomic mass is 19.1. The monoisotopic (exact) mass is 343 g/mol. The predicted octanol–water partition coefficient (Wildman–Crippen LogP) is 3.81. The van der Waals surface area contributed by atoms with Crippen molar-refractivity contribution in [2.45, 2.75) is 13.5 Å². The Morgan fingerprint density at radius 3 is 2.68 bits per heavy atom. The van der Waals surface area contributed by atoms with Crippen LogP contribution in [-0.4, -0.2) is 24.4 Å². The van der Waals surface area contributed by atoms with Gasteiger partial charge < -0.3 is 19.3 Å². The van der Waals surface area contributed by atoms with E-state index in [0.29, 0.717) is 34.5 Å². The molecule has 3 rings (SSSR count). The van der Waals surface area contributed by atoms with Crippen LogP contribution in [0.1, 0.15) is 11.5 Å². The smallest absolute Gasteiger partial charge is 0.246 e. The summed E-state index contributed by atoms with van der Waals surface area (Å²) >= 11 is 0. The van der Waals surface area contributed by atoms with Crippen LogP contribution in [0.5, 0.6) is 11.5 Å². The summed E-state index contributed by atoms with van der Waals surface area (Å²) in [4.78, 5) is 4.32. The van der Waals surface area contributed by atoms with Crippen LogP contribution >= 0.6 is 0 Å². The van der Waals surface area contributed by atoms with Gasteiger partial charge in [0.05, 0.1) is 32.0 Å². The van der Waals surface area contributed by atoms with E-state index in [1.165, 1.54) is 6.07 Å². The lowest BCUT2D eigenvalue weighted by Crippen LogP contribution is -2.02. The van der Waals surface area contributed by atoms with E-state index in [1.807, 2.05) is 13.0 Å². The van der Waals surface area contributed by atoms with Gasteiger partial charge in [-0.25, -0.2) is 4.39 Å². The van der Waals surface area contributed by atoms with E-state index in [2.05, 4.69) is 15.5 Å². The van der Waals surface area contributed by atoms with Gasteiger partial charge in [-0.1, -0.05) is 11.2 Å². The maximum Gasteiger partial charge on any atom is 0.246 e. The average Bonchev–Trinajstić information content (AvgIpc) is 3.09. The lowest BCUT2D eigenvalue weighted by atomic mass is 10.2. The first-order valence-corrected chi connectivity index (χ1v) is 7.65. The summed E-state index contributed by atoms with van der Waals surface area (Å²) in [6.45, 7) is 2.05. The van der Waals surface area contributed by atoms with E-state index in [1.54, 1.807) is 38.5 Å². The van der Waals surface area contributed by atoms with Crippen LogP contribution in [0.25, 0.3) is 11.4 Å². The average molecular weight is 343 g/mol. The summed E-state index contributed by atoms with van der Waals surface area (Å²) in [6, 6.07) is 10.3. The summed E-state index contributed by atoms with van der Waals surface area (Å²) in [6.07, 6.45) is 0. The molecule has 2 aromatic carbocycles. The lowest BCUT2D eigenvalue weighted by molar-refractivity contribution is 0.382. The molecule has 0 atom stereocenters. The molecule has 0 fully saturated rings. The minimum Gasteiger partial charge on any atom is -0.497 e. The highest BCUT2D eigenvalue weighted by molar-refractivity contribution is 5.65. The second-order valence-corrected chi connectivity index (χ2v) is 5.41. The number of aryl methyl sites for hydroxylation is 1. The van der Waals surface area contributed by atoms with Crippen molar-refractivity contribution < 1.29 is 18.4 Å². The molecule has 0 saturated carbocycles. The second-order valence-electron chi connectivity index (χ2n) is 5.41. The van der Waals surface area contributed by atoms with Crippen LogP contribution < -0.4 is 14.8 Å². The van der Waals surface area contributed by atoms with Gasteiger partial charge in [0, 0.05) is 6.07 Å². The first-order chi connectivity index (χ1) is 12.1.